The molecule has 0 aromatic heterocycles. The molecule has 0 spiro atoms. The van der Waals surface area contributed by atoms with E-state index in [1.807, 2.05) is 0 Å². The molecule has 0 bridgehead atoms. The van der Waals surface area contributed by atoms with Crippen LogP contribution >= 0.6 is 0 Å². The number of amides is 1. The molecule has 0 unspecified atom stereocenters. The summed E-state index contributed by atoms with van der Waals surface area (Å²) in [4.78, 5) is 11.0. The molecule has 5 heteroatoms. The van der Waals surface area contributed by atoms with Crippen LogP contribution in [0.25, 0.3) is 0 Å². The maximum atomic E-state index is 11.9. The summed E-state index contributed by atoms with van der Waals surface area (Å²) in [7, 11) is 0. The highest BCUT2D eigenvalue weighted by Gasteiger charge is 2.32. The van der Waals surface area contributed by atoms with Gasteiger partial charge in [-0.05, 0) is 31.6 Å². The van der Waals surface area contributed by atoms with Gasteiger partial charge >= 0.3 is 6.18 Å². The lowest BCUT2D eigenvalue weighted by atomic mass is 9.84. The Bertz CT molecular complexity index is 232. The van der Waals surface area contributed by atoms with Crippen molar-refractivity contribution in [1.29, 1.82) is 0 Å². The SMILES string of the molecule is CC[C@H]1CC[C@@H](NC(=O)CC(F)(F)F)CC1. The molecule has 0 aromatic rings. The normalized spacial score (nSPS) is 26.5. The van der Waals surface area contributed by atoms with Crippen LogP contribution in [0.4, 0.5) is 13.2 Å². The van der Waals surface area contributed by atoms with E-state index < -0.39 is 18.5 Å². The minimum absolute atomic E-state index is 0.0577. The van der Waals surface area contributed by atoms with Crippen LogP contribution in [0.5, 0.6) is 0 Å². The zero-order valence-corrected chi connectivity index (χ0v) is 9.44. The van der Waals surface area contributed by atoms with Crippen molar-refractivity contribution >= 4 is 5.91 Å². The van der Waals surface area contributed by atoms with Crippen LogP contribution in [-0.4, -0.2) is 18.1 Å². The lowest BCUT2D eigenvalue weighted by Crippen LogP contribution is -2.39. The Balaban J connectivity index is 2.26. The Morgan fingerprint density at radius 1 is 1.25 bits per heavy atom. The third-order valence-corrected chi connectivity index (χ3v) is 3.15. The summed E-state index contributed by atoms with van der Waals surface area (Å²) in [6.45, 7) is 2.12. The van der Waals surface area contributed by atoms with E-state index in [1.54, 1.807) is 0 Å². The van der Waals surface area contributed by atoms with Crippen LogP contribution in [0.2, 0.25) is 0 Å². The van der Waals surface area contributed by atoms with Gasteiger partial charge in [0.05, 0.1) is 0 Å². The first-order chi connectivity index (χ1) is 7.40. The summed E-state index contributed by atoms with van der Waals surface area (Å²) < 4.78 is 35.7. The number of rotatable bonds is 3. The Labute approximate surface area is 93.6 Å². The molecule has 1 N–H and O–H groups in total. The lowest BCUT2D eigenvalue weighted by Gasteiger charge is -2.28. The summed E-state index contributed by atoms with van der Waals surface area (Å²) in [6, 6.07) is -0.0577. The highest BCUT2D eigenvalue weighted by Crippen LogP contribution is 2.27. The first kappa shape index (κ1) is 13.3. The van der Waals surface area contributed by atoms with Gasteiger partial charge in [0, 0.05) is 6.04 Å². The third kappa shape index (κ3) is 4.86. The van der Waals surface area contributed by atoms with Crippen molar-refractivity contribution in [3.8, 4) is 0 Å². The fourth-order valence-electron chi connectivity index (χ4n) is 2.18. The van der Waals surface area contributed by atoms with Crippen LogP contribution in [-0.2, 0) is 4.79 Å². The number of nitrogens with one attached hydrogen (secondary N) is 1. The van der Waals surface area contributed by atoms with E-state index in [1.165, 1.54) is 0 Å². The largest absolute Gasteiger partial charge is 0.397 e. The number of hydrogen-bond donors (Lipinski definition) is 1. The molecule has 16 heavy (non-hydrogen) atoms. The van der Waals surface area contributed by atoms with E-state index in [0.29, 0.717) is 5.92 Å². The van der Waals surface area contributed by atoms with Gasteiger partial charge < -0.3 is 5.32 Å². The smallest absolute Gasteiger partial charge is 0.353 e. The molecule has 1 fully saturated rings. The number of alkyl halides is 3. The second kappa shape index (κ2) is 5.55. The van der Waals surface area contributed by atoms with Crippen molar-refractivity contribution in [3.63, 3.8) is 0 Å². The molecule has 1 saturated carbocycles. The first-order valence-corrected chi connectivity index (χ1v) is 5.77. The van der Waals surface area contributed by atoms with Gasteiger partial charge in [0.2, 0.25) is 5.91 Å². The molecule has 0 atom stereocenters. The molecule has 1 aliphatic carbocycles. The molecule has 0 heterocycles. The monoisotopic (exact) mass is 237 g/mol. The lowest BCUT2D eigenvalue weighted by molar-refractivity contribution is -0.154. The molecule has 0 aromatic carbocycles. The molecule has 1 amide bonds. The molecular formula is C11H18F3NO. The van der Waals surface area contributed by atoms with Gasteiger partial charge in [-0.15, -0.1) is 0 Å². The molecule has 2 nitrogen and oxygen atoms in total. The maximum Gasteiger partial charge on any atom is 0.397 e. The molecular weight excluding hydrogens is 219 g/mol. The van der Waals surface area contributed by atoms with Gasteiger partial charge in [-0.3, -0.25) is 4.79 Å². The van der Waals surface area contributed by atoms with Crippen LogP contribution in [0.15, 0.2) is 0 Å². The Hall–Kier alpha value is -0.740. The van der Waals surface area contributed by atoms with Gasteiger partial charge in [-0.1, -0.05) is 13.3 Å². The van der Waals surface area contributed by atoms with Gasteiger partial charge in [-0.2, -0.15) is 13.2 Å². The predicted octanol–water partition coefficient (Wildman–Crippen LogP) is 3.02. The van der Waals surface area contributed by atoms with Crippen molar-refractivity contribution in [2.24, 2.45) is 5.92 Å². The Morgan fingerprint density at radius 3 is 2.25 bits per heavy atom. The van der Waals surface area contributed by atoms with E-state index in [2.05, 4.69) is 12.2 Å². The van der Waals surface area contributed by atoms with E-state index in [0.717, 1.165) is 32.1 Å². The van der Waals surface area contributed by atoms with Crippen molar-refractivity contribution in [3.05, 3.63) is 0 Å². The van der Waals surface area contributed by atoms with E-state index >= 15 is 0 Å². The van der Waals surface area contributed by atoms with Crippen molar-refractivity contribution in [1.82, 2.24) is 5.32 Å². The molecule has 0 saturated heterocycles. The summed E-state index contributed by atoms with van der Waals surface area (Å²) in [6.07, 6.45) is -1.01. The third-order valence-electron chi connectivity index (χ3n) is 3.15. The molecule has 94 valence electrons. The summed E-state index contributed by atoms with van der Waals surface area (Å²) in [5, 5.41) is 2.46. The fraction of sp³-hybridized carbons (Fsp3) is 0.909. The summed E-state index contributed by atoms with van der Waals surface area (Å²) in [5.41, 5.74) is 0. The van der Waals surface area contributed by atoms with Crippen LogP contribution < -0.4 is 5.32 Å². The van der Waals surface area contributed by atoms with Crippen molar-refractivity contribution < 1.29 is 18.0 Å². The number of carbonyl (C=O) groups is 1. The number of halogens is 3. The first-order valence-electron chi connectivity index (χ1n) is 5.77. The van der Waals surface area contributed by atoms with E-state index in [9.17, 15) is 18.0 Å². The Kier molecular flexibility index (Phi) is 4.62. The van der Waals surface area contributed by atoms with Crippen molar-refractivity contribution in [2.45, 2.75) is 57.7 Å². The fourth-order valence-corrected chi connectivity index (χ4v) is 2.18. The molecule has 1 aliphatic rings. The van der Waals surface area contributed by atoms with Crippen LogP contribution in [0.3, 0.4) is 0 Å². The van der Waals surface area contributed by atoms with E-state index in [4.69, 9.17) is 0 Å². The minimum atomic E-state index is -4.40. The Morgan fingerprint density at radius 2 is 1.81 bits per heavy atom. The average molecular weight is 237 g/mol. The standard InChI is InChI=1S/C11H18F3NO/c1-2-8-3-5-9(6-4-8)15-10(16)7-11(12,13)14/h8-9H,2-7H2,1H3,(H,15,16)/t8-,9+. The summed E-state index contributed by atoms with van der Waals surface area (Å²) in [5.74, 6) is -0.219. The zero-order valence-electron chi connectivity index (χ0n) is 9.44. The van der Waals surface area contributed by atoms with Crippen molar-refractivity contribution in [2.75, 3.05) is 0 Å². The van der Waals surface area contributed by atoms with Gasteiger partial charge in [0.25, 0.3) is 0 Å². The number of carbonyl (C=O) groups excluding carboxylic acids is 1. The highest BCUT2D eigenvalue weighted by atomic mass is 19.4. The zero-order chi connectivity index (χ0) is 12.2. The molecule has 0 radical (unpaired) electrons. The van der Waals surface area contributed by atoms with Crippen LogP contribution in [0, 0.1) is 5.92 Å². The quantitative estimate of drug-likeness (QED) is 0.803. The van der Waals surface area contributed by atoms with Crippen LogP contribution in [0.1, 0.15) is 45.4 Å². The van der Waals surface area contributed by atoms with E-state index in [-0.39, 0.29) is 6.04 Å². The molecule has 0 aliphatic heterocycles. The second-order valence-electron chi connectivity index (χ2n) is 4.49. The van der Waals surface area contributed by atoms with Gasteiger partial charge in [-0.25, -0.2) is 0 Å². The minimum Gasteiger partial charge on any atom is -0.353 e. The predicted molar refractivity (Wildman–Crippen MR) is 54.9 cm³/mol. The summed E-state index contributed by atoms with van der Waals surface area (Å²) >= 11 is 0. The topological polar surface area (TPSA) is 29.1 Å². The second-order valence-corrected chi connectivity index (χ2v) is 4.49. The highest BCUT2D eigenvalue weighted by molar-refractivity contribution is 5.76. The van der Waals surface area contributed by atoms with Gasteiger partial charge in [0.1, 0.15) is 6.42 Å². The van der Waals surface area contributed by atoms with Gasteiger partial charge in [0.15, 0.2) is 0 Å². The maximum absolute atomic E-state index is 11.9. The number of hydrogen-bond acceptors (Lipinski definition) is 1. The molecule has 1 rings (SSSR count). The average Bonchev–Trinajstić information content (AvgIpc) is 2.16.